The molecule has 2 atom stereocenters. The first-order chi connectivity index (χ1) is 11.2. The number of nitrogens with zero attached hydrogens (tertiary/aromatic N) is 1. The SMILES string of the molecule is CC1CC(C(=O)O)CN(C(=O)NCC(C)(C)c2cccc(F)c2)C1. The van der Waals surface area contributed by atoms with Gasteiger partial charge in [0.15, 0.2) is 0 Å². The number of amides is 2. The van der Waals surface area contributed by atoms with Gasteiger partial charge in [0, 0.05) is 25.0 Å². The number of halogens is 1. The zero-order valence-corrected chi connectivity index (χ0v) is 14.4. The number of rotatable bonds is 4. The molecule has 6 heteroatoms. The lowest BCUT2D eigenvalue weighted by atomic mass is 9.84. The van der Waals surface area contributed by atoms with Crippen LogP contribution in [0.15, 0.2) is 24.3 Å². The van der Waals surface area contributed by atoms with Gasteiger partial charge in [0.2, 0.25) is 0 Å². The largest absolute Gasteiger partial charge is 0.481 e. The predicted octanol–water partition coefficient (Wildman–Crippen LogP) is 2.86. The number of benzene rings is 1. The Morgan fingerprint density at radius 2 is 2.08 bits per heavy atom. The third kappa shape index (κ3) is 4.46. The maximum atomic E-state index is 13.4. The maximum absolute atomic E-state index is 13.4. The van der Waals surface area contributed by atoms with Gasteiger partial charge >= 0.3 is 12.0 Å². The average Bonchev–Trinajstić information content (AvgIpc) is 2.52. The molecule has 2 rings (SSSR count). The van der Waals surface area contributed by atoms with Crippen LogP contribution in [0.5, 0.6) is 0 Å². The van der Waals surface area contributed by atoms with Gasteiger partial charge in [0.1, 0.15) is 5.82 Å². The molecule has 24 heavy (non-hydrogen) atoms. The van der Waals surface area contributed by atoms with Crippen LogP contribution in [0.3, 0.4) is 0 Å². The van der Waals surface area contributed by atoms with E-state index in [1.165, 1.54) is 12.1 Å². The minimum Gasteiger partial charge on any atom is -0.481 e. The second-order valence-corrected chi connectivity index (χ2v) is 7.33. The molecule has 1 fully saturated rings. The lowest BCUT2D eigenvalue weighted by Crippen LogP contribution is -2.51. The molecule has 2 unspecified atom stereocenters. The van der Waals surface area contributed by atoms with E-state index in [-0.39, 0.29) is 24.3 Å². The third-order valence-corrected chi connectivity index (χ3v) is 4.58. The molecule has 0 aliphatic carbocycles. The van der Waals surface area contributed by atoms with Crippen LogP contribution in [0.1, 0.15) is 32.8 Å². The van der Waals surface area contributed by atoms with Crippen LogP contribution in [-0.4, -0.2) is 41.6 Å². The highest BCUT2D eigenvalue weighted by atomic mass is 19.1. The molecular formula is C18H25FN2O3. The van der Waals surface area contributed by atoms with Gasteiger partial charge in [-0.05, 0) is 30.0 Å². The molecule has 0 bridgehead atoms. The summed E-state index contributed by atoms with van der Waals surface area (Å²) in [6.07, 6.45) is 0.591. The van der Waals surface area contributed by atoms with Crippen LogP contribution in [0.25, 0.3) is 0 Å². The Morgan fingerprint density at radius 3 is 2.71 bits per heavy atom. The summed E-state index contributed by atoms with van der Waals surface area (Å²) in [6.45, 7) is 6.94. The first-order valence-corrected chi connectivity index (χ1v) is 8.20. The number of hydrogen-bond donors (Lipinski definition) is 2. The third-order valence-electron chi connectivity index (χ3n) is 4.58. The van der Waals surface area contributed by atoms with Crippen LogP contribution in [0.2, 0.25) is 0 Å². The summed E-state index contributed by atoms with van der Waals surface area (Å²) >= 11 is 0. The highest BCUT2D eigenvalue weighted by molar-refractivity contribution is 5.76. The summed E-state index contributed by atoms with van der Waals surface area (Å²) in [7, 11) is 0. The minimum atomic E-state index is -0.862. The van der Waals surface area contributed by atoms with Gasteiger partial charge in [-0.1, -0.05) is 32.9 Å². The predicted molar refractivity (Wildman–Crippen MR) is 89.3 cm³/mol. The molecule has 1 aliphatic rings. The van der Waals surface area contributed by atoms with Gasteiger partial charge < -0.3 is 15.3 Å². The van der Waals surface area contributed by atoms with Gasteiger partial charge in [-0.3, -0.25) is 4.79 Å². The fourth-order valence-corrected chi connectivity index (χ4v) is 3.12. The molecular weight excluding hydrogens is 311 g/mol. The topological polar surface area (TPSA) is 69.6 Å². The number of piperidine rings is 1. The van der Waals surface area contributed by atoms with Crippen molar-refractivity contribution in [3.63, 3.8) is 0 Å². The average molecular weight is 336 g/mol. The lowest BCUT2D eigenvalue weighted by Gasteiger charge is -2.35. The van der Waals surface area contributed by atoms with E-state index >= 15 is 0 Å². The quantitative estimate of drug-likeness (QED) is 0.888. The van der Waals surface area contributed by atoms with E-state index in [4.69, 9.17) is 0 Å². The van der Waals surface area contributed by atoms with Crippen LogP contribution < -0.4 is 5.32 Å². The van der Waals surface area contributed by atoms with Gasteiger partial charge in [0.05, 0.1) is 5.92 Å². The summed E-state index contributed by atoms with van der Waals surface area (Å²) < 4.78 is 13.4. The van der Waals surface area contributed by atoms with E-state index in [0.717, 1.165) is 5.56 Å². The molecule has 0 spiro atoms. The van der Waals surface area contributed by atoms with Crippen molar-refractivity contribution in [2.75, 3.05) is 19.6 Å². The minimum absolute atomic E-state index is 0.154. The number of urea groups is 1. The van der Waals surface area contributed by atoms with Crippen molar-refractivity contribution < 1.29 is 19.1 Å². The lowest BCUT2D eigenvalue weighted by molar-refractivity contribution is -0.143. The van der Waals surface area contributed by atoms with E-state index in [9.17, 15) is 19.1 Å². The Kier molecular flexibility index (Phi) is 5.47. The van der Waals surface area contributed by atoms with Crippen molar-refractivity contribution in [3.05, 3.63) is 35.6 Å². The van der Waals surface area contributed by atoms with Crippen LogP contribution in [0.4, 0.5) is 9.18 Å². The Labute approximate surface area is 141 Å². The van der Waals surface area contributed by atoms with E-state index in [0.29, 0.717) is 19.5 Å². The van der Waals surface area contributed by atoms with Gasteiger partial charge in [-0.15, -0.1) is 0 Å². The number of nitrogens with one attached hydrogen (secondary N) is 1. The molecule has 1 heterocycles. The Balaban J connectivity index is 1.98. The molecule has 0 aromatic heterocycles. The van der Waals surface area contributed by atoms with E-state index < -0.39 is 17.3 Å². The smallest absolute Gasteiger partial charge is 0.317 e. The molecule has 1 aliphatic heterocycles. The molecule has 5 nitrogen and oxygen atoms in total. The molecule has 2 amide bonds. The van der Waals surface area contributed by atoms with Crippen LogP contribution >= 0.6 is 0 Å². The van der Waals surface area contributed by atoms with Crippen molar-refractivity contribution in [2.45, 2.75) is 32.6 Å². The van der Waals surface area contributed by atoms with Gasteiger partial charge in [-0.25, -0.2) is 9.18 Å². The monoisotopic (exact) mass is 336 g/mol. The number of carboxylic acid groups (broad SMARTS) is 1. The summed E-state index contributed by atoms with van der Waals surface area (Å²) in [6, 6.07) is 6.07. The second kappa shape index (κ2) is 7.20. The van der Waals surface area contributed by atoms with E-state index in [1.807, 2.05) is 26.8 Å². The van der Waals surface area contributed by atoms with Gasteiger partial charge in [-0.2, -0.15) is 0 Å². The highest BCUT2D eigenvalue weighted by Crippen LogP contribution is 2.24. The number of aliphatic carboxylic acids is 1. The summed E-state index contributed by atoms with van der Waals surface area (Å²) in [5, 5.41) is 12.1. The Morgan fingerprint density at radius 1 is 1.38 bits per heavy atom. The van der Waals surface area contributed by atoms with Crippen molar-refractivity contribution in [1.82, 2.24) is 10.2 Å². The summed E-state index contributed by atoms with van der Waals surface area (Å²) in [4.78, 5) is 25.2. The fraction of sp³-hybridized carbons (Fsp3) is 0.556. The number of carboxylic acids is 1. The van der Waals surface area contributed by atoms with Gasteiger partial charge in [0.25, 0.3) is 0 Å². The Bertz CT molecular complexity index is 618. The summed E-state index contributed by atoms with van der Waals surface area (Å²) in [5.74, 6) is -1.53. The number of carbonyl (C=O) groups excluding carboxylic acids is 1. The molecule has 1 saturated heterocycles. The number of hydrogen-bond acceptors (Lipinski definition) is 2. The van der Waals surface area contributed by atoms with E-state index in [1.54, 1.807) is 11.0 Å². The van der Waals surface area contributed by atoms with E-state index in [2.05, 4.69) is 5.32 Å². The van der Waals surface area contributed by atoms with Crippen molar-refractivity contribution in [1.29, 1.82) is 0 Å². The molecule has 1 aromatic rings. The molecule has 2 N–H and O–H groups in total. The molecule has 132 valence electrons. The maximum Gasteiger partial charge on any atom is 0.317 e. The normalized spacial score (nSPS) is 21.4. The molecule has 1 aromatic carbocycles. The first kappa shape index (κ1) is 18.2. The van der Waals surface area contributed by atoms with Crippen LogP contribution in [-0.2, 0) is 10.2 Å². The summed E-state index contributed by atoms with van der Waals surface area (Å²) in [5.41, 5.74) is 0.379. The van der Waals surface area contributed by atoms with Crippen molar-refractivity contribution >= 4 is 12.0 Å². The fourth-order valence-electron chi connectivity index (χ4n) is 3.12. The first-order valence-electron chi connectivity index (χ1n) is 8.20. The highest BCUT2D eigenvalue weighted by Gasteiger charge is 2.32. The van der Waals surface area contributed by atoms with Crippen molar-refractivity contribution in [3.8, 4) is 0 Å². The number of carbonyl (C=O) groups is 2. The Hall–Kier alpha value is -2.11. The van der Waals surface area contributed by atoms with Crippen LogP contribution in [0, 0.1) is 17.7 Å². The molecule has 0 saturated carbocycles. The van der Waals surface area contributed by atoms with Crippen molar-refractivity contribution in [2.24, 2.45) is 11.8 Å². The standard InChI is InChI=1S/C18H25FN2O3/c1-12-7-13(16(22)23)10-21(9-12)17(24)20-11-18(2,3)14-5-4-6-15(19)8-14/h4-6,8,12-13H,7,9-11H2,1-3H3,(H,20,24)(H,22,23). The second-order valence-electron chi connectivity index (χ2n) is 7.33. The zero-order valence-electron chi connectivity index (χ0n) is 14.4. The molecule has 0 radical (unpaired) electrons. The zero-order chi connectivity index (χ0) is 17.9. The number of likely N-dealkylation sites (tertiary alicyclic amines) is 1.